The van der Waals surface area contributed by atoms with Gasteiger partial charge in [0.1, 0.15) is 30.2 Å². The average Bonchev–Trinajstić information content (AvgIpc) is 2.54. The highest BCUT2D eigenvalue weighted by Crippen LogP contribution is 2.16. The molecule has 0 fully saturated rings. The van der Waals surface area contributed by atoms with Gasteiger partial charge in [0.2, 0.25) is 5.88 Å². The zero-order valence-electron chi connectivity index (χ0n) is 13.0. The van der Waals surface area contributed by atoms with Gasteiger partial charge in [-0.2, -0.15) is 0 Å². The maximum atomic E-state index is 9.90. The Bertz CT molecular complexity index is 610. The van der Waals surface area contributed by atoms with E-state index in [-0.39, 0.29) is 6.61 Å². The van der Waals surface area contributed by atoms with Gasteiger partial charge in [-0.3, -0.25) is 0 Å². The summed E-state index contributed by atoms with van der Waals surface area (Å²) in [7, 11) is 0. The summed E-state index contributed by atoms with van der Waals surface area (Å²) in [6, 6.07) is 12.9. The van der Waals surface area contributed by atoms with Crippen LogP contribution in [-0.4, -0.2) is 42.5 Å². The maximum Gasteiger partial charge on any atom is 0.214 e. The lowest BCUT2D eigenvalue weighted by Gasteiger charge is -2.14. The molecule has 6 heteroatoms. The lowest BCUT2D eigenvalue weighted by Crippen LogP contribution is -2.33. The molecule has 2 N–H and O–H groups in total. The van der Waals surface area contributed by atoms with Crippen molar-refractivity contribution in [1.29, 1.82) is 0 Å². The van der Waals surface area contributed by atoms with Crippen LogP contribution in [0.3, 0.4) is 0 Å². The highest BCUT2D eigenvalue weighted by Gasteiger charge is 2.06. The van der Waals surface area contributed by atoms with Crippen molar-refractivity contribution in [1.82, 2.24) is 10.3 Å². The Morgan fingerprint density at radius 1 is 1.17 bits per heavy atom. The number of pyridine rings is 1. The summed E-state index contributed by atoms with van der Waals surface area (Å²) in [4.78, 5) is 4.02. The van der Waals surface area contributed by atoms with E-state index < -0.39 is 6.10 Å². The van der Waals surface area contributed by atoms with Crippen molar-refractivity contribution in [3.63, 3.8) is 0 Å². The van der Waals surface area contributed by atoms with Crippen molar-refractivity contribution in [2.75, 3.05) is 26.3 Å². The molecule has 1 aromatic carbocycles. The third-order valence-electron chi connectivity index (χ3n) is 3.12. The molecule has 1 heterocycles. The van der Waals surface area contributed by atoms with Gasteiger partial charge in [-0.25, -0.2) is 4.98 Å². The Morgan fingerprint density at radius 3 is 2.78 bits per heavy atom. The number of aromatic nitrogens is 1. The number of hydrogen-bond donors (Lipinski definition) is 2. The highest BCUT2D eigenvalue weighted by atomic mass is 35.5. The van der Waals surface area contributed by atoms with Gasteiger partial charge >= 0.3 is 0 Å². The van der Waals surface area contributed by atoms with Crippen LogP contribution >= 0.6 is 11.6 Å². The van der Waals surface area contributed by atoms with E-state index in [0.29, 0.717) is 30.7 Å². The average molecular weight is 337 g/mol. The first-order chi connectivity index (χ1) is 11.1. The van der Waals surface area contributed by atoms with Crippen molar-refractivity contribution in [2.24, 2.45) is 0 Å². The van der Waals surface area contributed by atoms with E-state index >= 15 is 0 Å². The van der Waals surface area contributed by atoms with E-state index in [1.807, 2.05) is 31.2 Å². The summed E-state index contributed by atoms with van der Waals surface area (Å²) in [6.45, 7) is 3.68. The van der Waals surface area contributed by atoms with Gasteiger partial charge in [-0.1, -0.05) is 35.9 Å². The van der Waals surface area contributed by atoms with Crippen LogP contribution in [0.25, 0.3) is 0 Å². The second-order valence-corrected chi connectivity index (χ2v) is 5.47. The van der Waals surface area contributed by atoms with Gasteiger partial charge in [-0.05, 0) is 24.6 Å². The zero-order chi connectivity index (χ0) is 16.5. The first-order valence-corrected chi connectivity index (χ1v) is 7.85. The first kappa shape index (κ1) is 17.5. The normalized spacial score (nSPS) is 12.0. The number of nitrogens with one attached hydrogen (secondary N) is 1. The topological polar surface area (TPSA) is 63.6 Å². The second-order valence-electron chi connectivity index (χ2n) is 5.08. The molecule has 0 bridgehead atoms. The third kappa shape index (κ3) is 6.44. The molecule has 0 aliphatic carbocycles. The number of benzene rings is 1. The minimum Gasteiger partial charge on any atom is -0.491 e. The molecule has 0 spiro atoms. The highest BCUT2D eigenvalue weighted by molar-refractivity contribution is 6.29. The number of halogens is 1. The number of hydrogen-bond acceptors (Lipinski definition) is 5. The predicted molar refractivity (Wildman–Crippen MR) is 90.3 cm³/mol. The minimum atomic E-state index is -0.584. The van der Waals surface area contributed by atoms with Crippen LogP contribution in [0.2, 0.25) is 5.15 Å². The van der Waals surface area contributed by atoms with E-state index in [2.05, 4.69) is 10.3 Å². The third-order valence-corrected chi connectivity index (χ3v) is 3.33. The smallest absolute Gasteiger partial charge is 0.214 e. The minimum absolute atomic E-state index is 0.245. The maximum absolute atomic E-state index is 9.90. The van der Waals surface area contributed by atoms with Crippen molar-refractivity contribution < 1.29 is 14.6 Å². The molecular weight excluding hydrogens is 316 g/mol. The molecular formula is C17H21ClN2O3. The van der Waals surface area contributed by atoms with Gasteiger partial charge in [0.15, 0.2) is 0 Å². The fourth-order valence-corrected chi connectivity index (χ4v) is 2.09. The quantitative estimate of drug-likeness (QED) is 0.544. The van der Waals surface area contributed by atoms with Gasteiger partial charge in [0.05, 0.1) is 0 Å². The fraction of sp³-hybridized carbons (Fsp3) is 0.353. The van der Waals surface area contributed by atoms with E-state index in [1.54, 1.807) is 18.2 Å². The molecule has 0 radical (unpaired) electrons. The zero-order valence-corrected chi connectivity index (χ0v) is 13.8. The summed E-state index contributed by atoms with van der Waals surface area (Å²) in [5.41, 5.74) is 1.05. The predicted octanol–water partition coefficient (Wildman–Crippen LogP) is 2.45. The van der Waals surface area contributed by atoms with E-state index in [4.69, 9.17) is 21.1 Å². The van der Waals surface area contributed by atoms with Gasteiger partial charge in [0, 0.05) is 19.2 Å². The fourth-order valence-electron chi connectivity index (χ4n) is 1.93. The number of aliphatic hydroxyl groups is 1. The van der Waals surface area contributed by atoms with Crippen molar-refractivity contribution >= 4 is 11.6 Å². The summed E-state index contributed by atoms with van der Waals surface area (Å²) >= 11 is 5.77. The van der Waals surface area contributed by atoms with Crippen LogP contribution in [0.1, 0.15) is 5.56 Å². The summed E-state index contributed by atoms with van der Waals surface area (Å²) in [5.74, 6) is 1.28. The molecule has 2 rings (SSSR count). The van der Waals surface area contributed by atoms with Gasteiger partial charge < -0.3 is 19.9 Å². The van der Waals surface area contributed by atoms with Crippen LogP contribution in [-0.2, 0) is 0 Å². The monoisotopic (exact) mass is 336 g/mol. The van der Waals surface area contributed by atoms with Crippen LogP contribution in [0, 0.1) is 6.92 Å². The lowest BCUT2D eigenvalue weighted by molar-refractivity contribution is 0.105. The van der Waals surface area contributed by atoms with Crippen molar-refractivity contribution in [3.8, 4) is 11.6 Å². The van der Waals surface area contributed by atoms with Crippen molar-refractivity contribution in [3.05, 3.63) is 53.2 Å². The van der Waals surface area contributed by atoms with Crippen molar-refractivity contribution in [2.45, 2.75) is 13.0 Å². The first-order valence-electron chi connectivity index (χ1n) is 7.47. The second kappa shape index (κ2) is 9.35. The molecule has 0 amide bonds. The molecule has 5 nitrogen and oxygen atoms in total. The van der Waals surface area contributed by atoms with Crippen LogP contribution in [0.15, 0.2) is 42.5 Å². The number of ether oxygens (including phenoxy) is 2. The van der Waals surface area contributed by atoms with Crippen LogP contribution in [0.4, 0.5) is 0 Å². The molecule has 124 valence electrons. The van der Waals surface area contributed by atoms with Crippen LogP contribution in [0.5, 0.6) is 11.6 Å². The van der Waals surface area contributed by atoms with E-state index in [9.17, 15) is 5.11 Å². The Morgan fingerprint density at radius 2 is 2.00 bits per heavy atom. The van der Waals surface area contributed by atoms with Crippen LogP contribution < -0.4 is 14.8 Å². The number of aryl methyl sites for hydroxylation is 1. The molecule has 1 aromatic heterocycles. The molecule has 0 aliphatic heterocycles. The molecule has 1 unspecified atom stereocenters. The number of aliphatic hydroxyl groups excluding tert-OH is 1. The molecule has 0 saturated heterocycles. The Kier molecular flexibility index (Phi) is 7.13. The number of nitrogens with zero attached hydrogens (tertiary/aromatic N) is 1. The standard InChI is InChI=1S/C17H21ClN2O3/c1-13-5-2-3-6-15(13)23-12-14(21)11-19-9-10-22-17-8-4-7-16(18)20-17/h2-8,14,19,21H,9-12H2,1H3. The van der Waals surface area contributed by atoms with E-state index in [1.165, 1.54) is 0 Å². The molecule has 23 heavy (non-hydrogen) atoms. The molecule has 0 aliphatic rings. The van der Waals surface area contributed by atoms with Gasteiger partial charge in [0.25, 0.3) is 0 Å². The largest absolute Gasteiger partial charge is 0.491 e. The number of rotatable bonds is 9. The lowest BCUT2D eigenvalue weighted by atomic mass is 10.2. The SMILES string of the molecule is Cc1ccccc1OCC(O)CNCCOc1cccc(Cl)n1. The molecule has 1 atom stereocenters. The Labute approximate surface area is 141 Å². The molecule has 0 saturated carbocycles. The Hall–Kier alpha value is -1.82. The van der Waals surface area contributed by atoms with Gasteiger partial charge in [-0.15, -0.1) is 0 Å². The summed E-state index contributed by atoms with van der Waals surface area (Å²) in [6.07, 6.45) is -0.584. The molecule has 2 aromatic rings. The summed E-state index contributed by atoms with van der Waals surface area (Å²) < 4.78 is 11.0. The number of para-hydroxylation sites is 1. The summed E-state index contributed by atoms with van der Waals surface area (Å²) in [5, 5.41) is 13.4. The van der Waals surface area contributed by atoms with E-state index in [0.717, 1.165) is 11.3 Å². The Balaban J connectivity index is 1.58.